The molecule has 2 N–H and O–H groups in total. The smallest absolute Gasteiger partial charge is 0.121 e. The molecule has 62 valence electrons. The molecule has 0 aliphatic heterocycles. The zero-order chi connectivity index (χ0) is 8.97. The van der Waals surface area contributed by atoms with Gasteiger partial charge in [-0.3, -0.25) is 0 Å². The van der Waals surface area contributed by atoms with E-state index in [1.165, 1.54) is 11.2 Å². The van der Waals surface area contributed by atoms with Crippen LogP contribution in [0.2, 0.25) is 0 Å². The van der Waals surface area contributed by atoms with Crippen molar-refractivity contribution in [2.45, 2.75) is 0 Å². The topological polar surface area (TPSA) is 24.1 Å². The van der Waals surface area contributed by atoms with E-state index in [-0.39, 0.29) is 0 Å². The summed E-state index contributed by atoms with van der Waals surface area (Å²) >= 11 is 0. The Bertz CT molecular complexity index is 270. The van der Waals surface area contributed by atoms with Crippen molar-refractivity contribution >= 4 is 50.5 Å². The fraction of sp³-hybridized carbons (Fsp3) is 0. The third kappa shape index (κ3) is 2.15. The van der Waals surface area contributed by atoms with Gasteiger partial charge in [-0.2, -0.15) is 0 Å². The minimum absolute atomic E-state index is 1.04. The molecule has 0 heterocycles. The van der Waals surface area contributed by atoms with Crippen LogP contribution in [0.15, 0.2) is 18.2 Å². The van der Waals surface area contributed by atoms with Gasteiger partial charge in [-0.15, -0.1) is 0 Å². The molecule has 0 radical (unpaired) electrons. The Kier molecular flexibility index (Phi) is 3.91. The third-order valence-corrected chi connectivity index (χ3v) is 2.45. The SMILES string of the molecule is BBc1cc(NP)ccc1NP. The number of hydrogen-bond donors (Lipinski definition) is 2. The fourth-order valence-corrected chi connectivity index (χ4v) is 1.58. The lowest BCUT2D eigenvalue weighted by Gasteiger charge is -2.08. The highest BCUT2D eigenvalue weighted by atomic mass is 31.0. The summed E-state index contributed by atoms with van der Waals surface area (Å²) in [5.41, 5.74) is 3.62. The Morgan fingerprint density at radius 3 is 2.50 bits per heavy atom. The molecule has 0 saturated heterocycles. The second-order valence-electron chi connectivity index (χ2n) is 2.51. The molecule has 1 rings (SSSR count). The van der Waals surface area contributed by atoms with Crippen molar-refractivity contribution < 1.29 is 0 Å². The molecule has 6 heteroatoms. The number of hydrogen-bond acceptors (Lipinski definition) is 2. The zero-order valence-corrected chi connectivity index (χ0v) is 9.40. The summed E-state index contributed by atoms with van der Waals surface area (Å²) < 4.78 is 0. The van der Waals surface area contributed by atoms with Gasteiger partial charge in [0.2, 0.25) is 0 Å². The summed E-state index contributed by atoms with van der Waals surface area (Å²) in [5, 5.41) is 6.11. The predicted octanol–water partition coefficient (Wildman–Crippen LogP) is -0.300. The van der Waals surface area contributed by atoms with Gasteiger partial charge in [0.1, 0.15) is 7.17 Å². The second-order valence-corrected chi connectivity index (χ2v) is 3.09. The molecule has 0 amide bonds. The molecule has 0 saturated carbocycles. The van der Waals surface area contributed by atoms with Crippen LogP contribution in [0.1, 0.15) is 0 Å². The Hall–Kier alpha value is -0.190. The van der Waals surface area contributed by atoms with Crippen LogP contribution in [0.3, 0.4) is 0 Å². The van der Waals surface area contributed by atoms with Gasteiger partial charge >= 0.3 is 0 Å². The normalized spacial score (nSPS) is 9.17. The highest BCUT2D eigenvalue weighted by Crippen LogP contribution is 2.13. The van der Waals surface area contributed by atoms with Gasteiger partial charge in [0, 0.05) is 11.4 Å². The van der Waals surface area contributed by atoms with Crippen LogP contribution < -0.4 is 15.6 Å². The van der Waals surface area contributed by atoms with Gasteiger partial charge in [-0.25, -0.2) is 0 Å². The van der Waals surface area contributed by atoms with Crippen molar-refractivity contribution in [2.24, 2.45) is 0 Å². The largest absolute Gasteiger partial charge is 0.370 e. The summed E-state index contributed by atoms with van der Waals surface area (Å²) in [4.78, 5) is 0. The summed E-state index contributed by atoms with van der Waals surface area (Å²) in [7, 11) is 8.19. The van der Waals surface area contributed by atoms with Gasteiger partial charge in [-0.05, 0) is 37.0 Å². The quantitative estimate of drug-likeness (QED) is 0.512. The third-order valence-electron chi connectivity index (χ3n) is 1.81. The second kappa shape index (κ2) is 4.74. The van der Waals surface area contributed by atoms with Gasteiger partial charge in [0.05, 0.1) is 7.74 Å². The van der Waals surface area contributed by atoms with E-state index in [1.807, 2.05) is 6.07 Å². The summed E-state index contributed by atoms with van der Waals surface area (Å²) in [6.45, 7) is 0. The minimum Gasteiger partial charge on any atom is -0.370 e. The molecule has 0 aliphatic carbocycles. The molecule has 2 atom stereocenters. The van der Waals surface area contributed by atoms with Crippen LogP contribution in [0.5, 0.6) is 0 Å². The van der Waals surface area contributed by atoms with Crippen LogP contribution in [0.25, 0.3) is 0 Å². The lowest BCUT2D eigenvalue weighted by Crippen LogP contribution is -2.17. The minimum atomic E-state index is 1.04. The first kappa shape index (κ1) is 9.89. The summed E-state index contributed by atoms with van der Waals surface area (Å²) in [6.07, 6.45) is 0. The molecule has 0 fully saturated rings. The molecule has 1 aromatic rings. The molecular formula is C6H12B2N2P2. The van der Waals surface area contributed by atoms with Crippen molar-refractivity contribution in [3.63, 3.8) is 0 Å². The van der Waals surface area contributed by atoms with Crippen molar-refractivity contribution in [2.75, 3.05) is 10.2 Å². The molecule has 2 nitrogen and oxygen atoms in total. The maximum absolute atomic E-state index is 3.08. The Labute approximate surface area is 79.4 Å². The summed E-state index contributed by atoms with van der Waals surface area (Å²) in [5.74, 6) is 0. The molecule has 12 heavy (non-hydrogen) atoms. The van der Waals surface area contributed by atoms with E-state index in [0.29, 0.717) is 0 Å². The molecular weight excluding hydrogens is 184 g/mol. The molecule has 0 spiro atoms. The van der Waals surface area contributed by atoms with Crippen LogP contribution in [-0.2, 0) is 0 Å². The van der Waals surface area contributed by atoms with Crippen LogP contribution in [-0.4, -0.2) is 14.9 Å². The molecule has 2 unspecified atom stereocenters. The van der Waals surface area contributed by atoms with Crippen molar-refractivity contribution in [3.05, 3.63) is 18.2 Å². The lowest BCUT2D eigenvalue weighted by atomic mass is 9.51. The molecule has 0 bridgehead atoms. The van der Waals surface area contributed by atoms with Crippen LogP contribution >= 0.6 is 18.8 Å². The van der Waals surface area contributed by atoms with Gasteiger partial charge < -0.3 is 10.2 Å². The highest BCUT2D eigenvalue weighted by molar-refractivity contribution is 7.19. The number of benzene rings is 1. The van der Waals surface area contributed by atoms with E-state index < -0.39 is 0 Å². The van der Waals surface area contributed by atoms with E-state index in [1.54, 1.807) is 0 Å². The molecule has 0 aliphatic rings. The molecule has 0 aromatic heterocycles. The van der Waals surface area contributed by atoms with Gasteiger partial charge in [0.25, 0.3) is 0 Å². The number of anilines is 2. The number of rotatable bonds is 3. The first-order valence-electron chi connectivity index (χ1n) is 3.88. The fourth-order valence-electron chi connectivity index (χ4n) is 1.12. The van der Waals surface area contributed by atoms with Crippen LogP contribution in [0.4, 0.5) is 11.4 Å². The van der Waals surface area contributed by atoms with Crippen molar-refractivity contribution in [1.82, 2.24) is 0 Å². The van der Waals surface area contributed by atoms with E-state index in [4.69, 9.17) is 0 Å². The maximum atomic E-state index is 3.08. The average molecular weight is 196 g/mol. The Morgan fingerprint density at radius 2 is 2.00 bits per heavy atom. The molecule has 1 aromatic carbocycles. The van der Waals surface area contributed by atoms with Crippen LogP contribution in [0, 0.1) is 0 Å². The van der Waals surface area contributed by atoms with E-state index >= 15 is 0 Å². The van der Waals surface area contributed by atoms with Crippen molar-refractivity contribution in [1.29, 1.82) is 0 Å². The average Bonchev–Trinajstić information content (AvgIpc) is 2.16. The first-order chi connectivity index (χ1) is 5.81. The van der Waals surface area contributed by atoms with Gasteiger partial charge in [0.15, 0.2) is 0 Å². The zero-order valence-electron chi connectivity index (χ0n) is 7.09. The van der Waals surface area contributed by atoms with E-state index in [0.717, 1.165) is 12.9 Å². The van der Waals surface area contributed by atoms with E-state index in [2.05, 4.69) is 48.8 Å². The van der Waals surface area contributed by atoms with E-state index in [9.17, 15) is 0 Å². The Morgan fingerprint density at radius 1 is 1.25 bits per heavy atom. The predicted molar refractivity (Wildman–Crippen MR) is 68.4 cm³/mol. The summed E-state index contributed by atoms with van der Waals surface area (Å²) in [6, 6.07) is 6.25. The van der Waals surface area contributed by atoms with Gasteiger partial charge in [-0.1, -0.05) is 5.46 Å². The standard InChI is InChI=1S/C6H12B2N2P2/c7-8-5-3-4(9-11)1-2-6(5)10-12/h1-3,8-10H,7,11-12H2. The monoisotopic (exact) mass is 196 g/mol. The van der Waals surface area contributed by atoms with Crippen molar-refractivity contribution in [3.8, 4) is 0 Å². The lowest BCUT2D eigenvalue weighted by molar-refractivity contribution is 1.71. The Balaban J connectivity index is 3.02. The highest BCUT2D eigenvalue weighted by Gasteiger charge is 1.99. The maximum Gasteiger partial charge on any atom is 0.121 e. The number of nitrogens with one attached hydrogen (secondary N) is 2. The first-order valence-corrected chi connectivity index (χ1v) is 5.03.